The van der Waals surface area contributed by atoms with Gasteiger partial charge in [0.25, 0.3) is 0 Å². The van der Waals surface area contributed by atoms with Gasteiger partial charge in [0.2, 0.25) is 0 Å². The molecule has 2 spiro atoms. The minimum atomic E-state index is 0.744. The lowest BCUT2D eigenvalue weighted by molar-refractivity contribution is -0.0994. The van der Waals surface area contributed by atoms with Gasteiger partial charge in [-0.05, 0) is 112 Å². The summed E-state index contributed by atoms with van der Waals surface area (Å²) in [6.07, 6.45) is 16.3. The lowest BCUT2D eigenvalue weighted by Crippen LogP contribution is -2.72. The monoisotopic (exact) mass is 346 g/mol. The molecule has 2 heteroatoms. The Balaban J connectivity index is 1.39. The van der Waals surface area contributed by atoms with E-state index in [9.17, 15) is 0 Å². The molecule has 9 rings (SSSR count). The fraction of sp³-hybridized carbons (Fsp3) is 1.00. The summed E-state index contributed by atoms with van der Waals surface area (Å²) in [4.78, 5) is 0. The van der Waals surface area contributed by atoms with Crippen LogP contribution in [0.4, 0.5) is 0 Å². The minimum absolute atomic E-state index is 0.744. The van der Waals surface area contributed by atoms with E-state index in [-0.39, 0.29) is 0 Å². The molecular weight excluding hydrogens is 316 g/mol. The number of thioether (sulfide) groups is 2. The van der Waals surface area contributed by atoms with Crippen LogP contribution in [0.5, 0.6) is 0 Å². The first-order valence-electron chi connectivity index (χ1n) is 10.6. The van der Waals surface area contributed by atoms with E-state index in [1.54, 1.807) is 64.2 Å². The maximum absolute atomic E-state index is 2.52. The van der Waals surface area contributed by atoms with Gasteiger partial charge in [0.15, 0.2) is 0 Å². The fourth-order valence-electron chi connectivity index (χ4n) is 9.97. The second kappa shape index (κ2) is 4.33. The molecule has 0 nitrogen and oxygen atoms in total. The molecule has 23 heavy (non-hydrogen) atoms. The smallest absolute Gasteiger partial charge is 0.0404 e. The molecule has 8 saturated carbocycles. The van der Waals surface area contributed by atoms with Crippen molar-refractivity contribution in [2.45, 2.75) is 73.7 Å². The van der Waals surface area contributed by atoms with Crippen molar-refractivity contribution in [2.24, 2.45) is 47.3 Å². The Bertz CT molecular complexity index is 448. The summed E-state index contributed by atoms with van der Waals surface area (Å²) in [7, 11) is 0. The van der Waals surface area contributed by atoms with E-state index < -0.39 is 0 Å². The van der Waals surface area contributed by atoms with E-state index in [4.69, 9.17) is 0 Å². The summed E-state index contributed by atoms with van der Waals surface area (Å²) < 4.78 is 1.49. The van der Waals surface area contributed by atoms with Crippen LogP contribution in [0.25, 0.3) is 0 Å². The first kappa shape index (κ1) is 13.8. The molecule has 1 aliphatic heterocycles. The summed E-state index contributed by atoms with van der Waals surface area (Å²) in [6.45, 7) is 0. The Kier molecular flexibility index (Phi) is 2.60. The van der Waals surface area contributed by atoms with Gasteiger partial charge in [-0.2, -0.15) is 0 Å². The molecule has 0 unspecified atom stereocenters. The molecule has 8 bridgehead atoms. The second-order valence-electron chi connectivity index (χ2n) is 10.6. The molecule has 0 atom stereocenters. The Hall–Kier alpha value is 0.700. The van der Waals surface area contributed by atoms with Crippen molar-refractivity contribution in [3.05, 3.63) is 0 Å². The average molecular weight is 347 g/mol. The van der Waals surface area contributed by atoms with Crippen LogP contribution in [0.15, 0.2) is 0 Å². The van der Waals surface area contributed by atoms with Crippen LogP contribution in [0, 0.1) is 47.3 Å². The summed E-state index contributed by atoms with van der Waals surface area (Å²) in [6, 6.07) is 0. The van der Waals surface area contributed by atoms with Crippen molar-refractivity contribution in [1.29, 1.82) is 0 Å². The third-order valence-electron chi connectivity index (χ3n) is 9.91. The first-order chi connectivity index (χ1) is 11.3. The topological polar surface area (TPSA) is 0 Å². The third kappa shape index (κ3) is 1.46. The molecule has 126 valence electrons. The van der Waals surface area contributed by atoms with Crippen LogP contribution in [-0.2, 0) is 0 Å². The second-order valence-corrected chi connectivity index (χ2v) is 13.5. The van der Waals surface area contributed by atoms with E-state index in [2.05, 4.69) is 23.5 Å². The molecule has 0 aromatic rings. The Labute approximate surface area is 149 Å². The van der Waals surface area contributed by atoms with E-state index >= 15 is 0 Å². The molecule has 0 radical (unpaired) electrons. The predicted molar refractivity (Wildman–Crippen MR) is 99.6 cm³/mol. The van der Waals surface area contributed by atoms with Crippen LogP contribution in [-0.4, -0.2) is 14.6 Å². The van der Waals surface area contributed by atoms with E-state index in [0.717, 1.165) is 56.8 Å². The molecule has 0 N–H and O–H groups in total. The predicted octanol–water partition coefficient (Wildman–Crippen LogP) is 5.81. The van der Waals surface area contributed by atoms with E-state index in [0.29, 0.717) is 0 Å². The largest absolute Gasteiger partial charge is 0.142 e. The Morgan fingerprint density at radius 2 is 0.739 bits per heavy atom. The third-order valence-corrected chi connectivity index (χ3v) is 13.9. The zero-order valence-electron chi connectivity index (χ0n) is 14.2. The molecule has 1 saturated heterocycles. The minimum Gasteiger partial charge on any atom is -0.142 e. The molecule has 1 heterocycles. The molecule has 9 aliphatic rings. The fourth-order valence-corrected chi connectivity index (χ4v) is 14.9. The van der Waals surface area contributed by atoms with Crippen LogP contribution >= 0.6 is 23.5 Å². The van der Waals surface area contributed by atoms with E-state index in [1.165, 1.54) is 5.08 Å². The van der Waals surface area contributed by atoms with Crippen LogP contribution in [0.2, 0.25) is 0 Å². The highest BCUT2D eigenvalue weighted by molar-refractivity contribution is 8.20. The van der Waals surface area contributed by atoms with Gasteiger partial charge in [-0.15, -0.1) is 23.5 Å². The van der Waals surface area contributed by atoms with Gasteiger partial charge in [0.05, 0.1) is 0 Å². The van der Waals surface area contributed by atoms with Gasteiger partial charge in [-0.25, -0.2) is 0 Å². The van der Waals surface area contributed by atoms with Crippen molar-refractivity contribution in [3.8, 4) is 0 Å². The lowest BCUT2D eigenvalue weighted by Gasteiger charge is -2.71. The maximum atomic E-state index is 2.52. The van der Waals surface area contributed by atoms with Crippen LogP contribution < -0.4 is 0 Å². The van der Waals surface area contributed by atoms with Gasteiger partial charge >= 0.3 is 0 Å². The summed E-state index contributed by atoms with van der Waals surface area (Å²) >= 11 is 5.04. The van der Waals surface area contributed by atoms with Crippen molar-refractivity contribution in [3.63, 3.8) is 0 Å². The van der Waals surface area contributed by atoms with Crippen molar-refractivity contribution >= 4 is 23.5 Å². The van der Waals surface area contributed by atoms with Crippen molar-refractivity contribution < 1.29 is 0 Å². The maximum Gasteiger partial charge on any atom is 0.0404 e. The quantitative estimate of drug-likeness (QED) is 0.542. The number of hydrogen-bond donors (Lipinski definition) is 0. The molecule has 0 aromatic carbocycles. The molecule has 0 amide bonds. The average Bonchev–Trinajstić information content (AvgIpc) is 2.90. The number of rotatable bonds is 0. The zero-order chi connectivity index (χ0) is 14.8. The molecular formula is C21H30S2. The SMILES string of the molecule is C1SC2(C3CC4CC(C3)CC2C4)C2(S1)C1CC3CC(C1)CC2C3. The highest BCUT2D eigenvalue weighted by Gasteiger charge is 2.74. The van der Waals surface area contributed by atoms with Crippen LogP contribution in [0.1, 0.15) is 64.2 Å². The van der Waals surface area contributed by atoms with Gasteiger partial charge in [-0.3, -0.25) is 0 Å². The van der Waals surface area contributed by atoms with Crippen molar-refractivity contribution in [1.82, 2.24) is 0 Å². The first-order valence-corrected chi connectivity index (χ1v) is 12.5. The van der Waals surface area contributed by atoms with Gasteiger partial charge in [0.1, 0.15) is 0 Å². The van der Waals surface area contributed by atoms with E-state index in [1.807, 2.05) is 0 Å². The van der Waals surface area contributed by atoms with Crippen molar-refractivity contribution in [2.75, 3.05) is 5.08 Å². The van der Waals surface area contributed by atoms with Gasteiger partial charge in [0, 0.05) is 14.6 Å². The summed E-state index contributed by atoms with van der Waals surface area (Å²) in [5.74, 6) is 9.05. The number of hydrogen-bond acceptors (Lipinski definition) is 2. The Morgan fingerprint density at radius 1 is 0.435 bits per heavy atom. The highest BCUT2D eigenvalue weighted by Crippen LogP contribution is 2.79. The Morgan fingerprint density at radius 3 is 1.04 bits per heavy atom. The summed E-state index contributed by atoms with van der Waals surface area (Å²) in [5, 5.41) is 1.45. The lowest BCUT2D eigenvalue weighted by atomic mass is 9.41. The molecule has 9 fully saturated rings. The normalized spacial score (nSPS) is 67.8. The standard InChI is InChI=1S/C21H30S2/c1-12-3-16-5-13(1)6-17(4-12)20(16)21(23-11-22-20)18-7-14-2-15(9-18)10-19(21)8-14/h12-19H,1-11H2. The van der Waals surface area contributed by atoms with Gasteiger partial charge < -0.3 is 0 Å². The zero-order valence-corrected chi connectivity index (χ0v) is 15.8. The summed E-state index contributed by atoms with van der Waals surface area (Å²) in [5.41, 5.74) is 0. The molecule has 8 aliphatic carbocycles. The van der Waals surface area contributed by atoms with Gasteiger partial charge in [-0.1, -0.05) is 0 Å². The van der Waals surface area contributed by atoms with Crippen LogP contribution in [0.3, 0.4) is 0 Å². The highest BCUT2D eigenvalue weighted by atomic mass is 32.2. The molecule has 0 aromatic heterocycles.